The molecule has 0 spiro atoms. The lowest BCUT2D eigenvalue weighted by Crippen LogP contribution is -2.41. The molecule has 0 saturated carbocycles. The molecule has 39 heavy (non-hydrogen) atoms. The summed E-state index contributed by atoms with van der Waals surface area (Å²) in [6, 6.07) is 4.44. The first-order chi connectivity index (χ1) is 17.9. The fourth-order valence-electron chi connectivity index (χ4n) is 3.69. The number of rotatable bonds is 3. The van der Waals surface area contributed by atoms with Crippen molar-refractivity contribution in [3.8, 4) is 0 Å². The number of amides is 1. The van der Waals surface area contributed by atoms with Crippen LogP contribution in [-0.2, 0) is 25.5 Å². The van der Waals surface area contributed by atoms with E-state index in [9.17, 15) is 26.4 Å². The first kappa shape index (κ1) is 32.4. The summed E-state index contributed by atoms with van der Waals surface area (Å²) < 4.78 is 70.4. The van der Waals surface area contributed by atoms with E-state index in [1.54, 1.807) is 6.07 Å². The maximum absolute atomic E-state index is 12.7. The SMILES string of the molecule is C=CN=C1Cc2ccc(Cl)cc2/C(OS(=O)(=O)C(F)(F)F)=C\CC1=C.CC1CCN(C(=O)OC(C)(C)C)CC1. The van der Waals surface area contributed by atoms with Crippen LogP contribution in [0.1, 0.15) is 58.1 Å². The molecule has 1 amide bonds. The maximum Gasteiger partial charge on any atom is 0.534 e. The molecule has 1 fully saturated rings. The Morgan fingerprint density at radius 2 is 1.82 bits per heavy atom. The summed E-state index contributed by atoms with van der Waals surface area (Å²) in [4.78, 5) is 17.5. The summed E-state index contributed by atoms with van der Waals surface area (Å²) in [6.45, 7) is 16.9. The number of carbonyl (C=O) groups is 1. The van der Waals surface area contributed by atoms with E-state index in [1.807, 2.05) is 25.7 Å². The summed E-state index contributed by atoms with van der Waals surface area (Å²) in [5.41, 5.74) is -4.20. The van der Waals surface area contributed by atoms with Crippen LogP contribution in [0.2, 0.25) is 5.02 Å². The van der Waals surface area contributed by atoms with Crippen LogP contribution < -0.4 is 0 Å². The second kappa shape index (κ2) is 13.0. The number of benzene rings is 1. The number of fused-ring (bicyclic) bond motifs is 1. The van der Waals surface area contributed by atoms with Gasteiger partial charge < -0.3 is 13.8 Å². The van der Waals surface area contributed by atoms with Gasteiger partial charge in [-0.25, -0.2) is 4.79 Å². The zero-order valence-corrected chi connectivity index (χ0v) is 24.0. The predicted octanol–water partition coefficient (Wildman–Crippen LogP) is 7.29. The standard InChI is InChI=1S/C16H13ClF3NO3S.C11H21NO2/c1-3-21-14-8-11-5-6-12(17)9-13(11)15(7-4-10(14)2)24-25(22,23)16(18,19)20;1-9-5-7-12(8-6-9)10(13)14-11(2,3)4/h3,5-7,9H,1-2,4,8H2;9H,5-8H2,1-4H3/b15-7+,21-14?;. The van der Waals surface area contributed by atoms with Crippen LogP contribution in [-0.4, -0.2) is 49.3 Å². The zero-order valence-electron chi connectivity index (χ0n) is 22.5. The molecule has 1 aromatic carbocycles. The second-order valence-electron chi connectivity index (χ2n) is 10.2. The van der Waals surface area contributed by atoms with Crippen LogP contribution in [0.15, 0.2) is 54.2 Å². The minimum atomic E-state index is -5.81. The molecule has 2 aliphatic rings. The highest BCUT2D eigenvalue weighted by Crippen LogP contribution is 2.34. The van der Waals surface area contributed by atoms with Crippen LogP contribution in [0.3, 0.4) is 0 Å². The van der Waals surface area contributed by atoms with E-state index in [1.165, 1.54) is 24.4 Å². The zero-order chi connectivity index (χ0) is 29.6. The fourth-order valence-corrected chi connectivity index (χ4v) is 4.35. The lowest BCUT2D eigenvalue weighted by molar-refractivity contribution is -0.0509. The largest absolute Gasteiger partial charge is 0.534 e. The van der Waals surface area contributed by atoms with Crippen LogP contribution in [0.5, 0.6) is 0 Å². The van der Waals surface area contributed by atoms with Crippen molar-refractivity contribution in [2.45, 2.75) is 64.5 Å². The molecule has 0 unspecified atom stereocenters. The highest BCUT2D eigenvalue weighted by molar-refractivity contribution is 7.87. The summed E-state index contributed by atoms with van der Waals surface area (Å²) >= 11 is 5.90. The van der Waals surface area contributed by atoms with Gasteiger partial charge in [-0.3, -0.25) is 4.99 Å². The molecule has 7 nitrogen and oxygen atoms in total. The normalized spacial score (nSPS) is 19.5. The number of nitrogens with zero attached hydrogens (tertiary/aromatic N) is 2. The van der Waals surface area contributed by atoms with E-state index in [4.69, 9.17) is 16.3 Å². The van der Waals surface area contributed by atoms with Crippen molar-refractivity contribution < 1.29 is 35.3 Å². The number of aliphatic imine (C=N–C) groups is 1. The van der Waals surface area contributed by atoms with Crippen LogP contribution in [0, 0.1) is 5.92 Å². The number of hydrogen-bond acceptors (Lipinski definition) is 6. The summed E-state index contributed by atoms with van der Waals surface area (Å²) in [6.07, 6.45) is 4.83. The van der Waals surface area contributed by atoms with Crippen molar-refractivity contribution in [3.63, 3.8) is 0 Å². The molecule has 12 heteroatoms. The van der Waals surface area contributed by atoms with E-state index in [2.05, 4.69) is 29.3 Å². The molecular weight excluding hydrogens is 557 g/mol. The average molecular weight is 591 g/mol. The van der Waals surface area contributed by atoms with Crippen molar-refractivity contribution in [1.29, 1.82) is 0 Å². The Balaban J connectivity index is 0.000000322. The topological polar surface area (TPSA) is 85.3 Å². The Morgan fingerprint density at radius 1 is 1.21 bits per heavy atom. The molecule has 1 saturated heterocycles. The van der Waals surface area contributed by atoms with Gasteiger partial charge in [-0.05, 0) is 75.3 Å². The Labute approximate surface area is 233 Å². The molecule has 0 aromatic heterocycles. The Bertz CT molecular complexity index is 1240. The van der Waals surface area contributed by atoms with E-state index in [0.717, 1.165) is 31.8 Å². The number of hydrogen-bond donors (Lipinski definition) is 0. The highest BCUT2D eigenvalue weighted by atomic mass is 35.5. The molecule has 1 aliphatic carbocycles. The third kappa shape index (κ3) is 9.72. The summed E-state index contributed by atoms with van der Waals surface area (Å²) in [5, 5.41) is 0.222. The predicted molar refractivity (Wildman–Crippen MR) is 147 cm³/mol. The molecule has 0 bridgehead atoms. The monoisotopic (exact) mass is 590 g/mol. The number of allylic oxidation sites excluding steroid dienone is 2. The summed E-state index contributed by atoms with van der Waals surface area (Å²) in [7, 11) is -5.81. The quantitative estimate of drug-likeness (QED) is 0.273. The van der Waals surface area contributed by atoms with E-state index in [0.29, 0.717) is 16.8 Å². The minimum Gasteiger partial charge on any atom is -0.444 e. The fraction of sp³-hybridized carbons (Fsp3) is 0.481. The molecule has 1 heterocycles. The second-order valence-corrected chi connectivity index (χ2v) is 12.2. The molecule has 0 N–H and O–H groups in total. The molecule has 0 atom stereocenters. The first-order valence-electron chi connectivity index (χ1n) is 12.3. The van der Waals surface area contributed by atoms with Gasteiger partial charge in [0, 0.05) is 42.0 Å². The van der Waals surface area contributed by atoms with Gasteiger partial charge in [-0.1, -0.05) is 37.7 Å². The number of carbonyl (C=O) groups excluding carboxylic acids is 1. The van der Waals surface area contributed by atoms with Gasteiger partial charge in [0.2, 0.25) is 0 Å². The first-order valence-corrected chi connectivity index (χ1v) is 14.1. The molecular formula is C27H34ClF3N2O5S. The lowest BCUT2D eigenvalue weighted by atomic mass is 9.93. The van der Waals surface area contributed by atoms with Crippen molar-refractivity contribution >= 4 is 39.3 Å². The van der Waals surface area contributed by atoms with Gasteiger partial charge in [-0.15, -0.1) is 0 Å². The van der Waals surface area contributed by atoms with Crippen molar-refractivity contribution in [2.75, 3.05) is 13.1 Å². The Morgan fingerprint density at radius 3 is 2.36 bits per heavy atom. The van der Waals surface area contributed by atoms with E-state index >= 15 is 0 Å². The minimum absolute atomic E-state index is 0.0569. The molecule has 1 aromatic rings. The van der Waals surface area contributed by atoms with E-state index in [-0.39, 0.29) is 35.1 Å². The third-order valence-electron chi connectivity index (χ3n) is 5.80. The van der Waals surface area contributed by atoms with Crippen LogP contribution in [0.4, 0.5) is 18.0 Å². The van der Waals surface area contributed by atoms with Gasteiger partial charge in [0.05, 0.1) is 0 Å². The number of alkyl halides is 3. The van der Waals surface area contributed by atoms with Gasteiger partial charge >= 0.3 is 21.7 Å². The van der Waals surface area contributed by atoms with Crippen molar-refractivity contribution in [3.05, 3.63) is 65.4 Å². The number of halogens is 4. The molecule has 3 rings (SSSR count). The van der Waals surface area contributed by atoms with Crippen LogP contribution >= 0.6 is 11.6 Å². The number of piperidine rings is 1. The highest BCUT2D eigenvalue weighted by Gasteiger charge is 2.49. The lowest BCUT2D eigenvalue weighted by Gasteiger charge is -2.32. The smallest absolute Gasteiger partial charge is 0.444 e. The summed E-state index contributed by atoms with van der Waals surface area (Å²) in [5.74, 6) is 0.294. The van der Waals surface area contributed by atoms with Crippen molar-refractivity contribution in [1.82, 2.24) is 4.90 Å². The van der Waals surface area contributed by atoms with Crippen molar-refractivity contribution in [2.24, 2.45) is 10.9 Å². The molecule has 0 radical (unpaired) electrons. The Hall–Kier alpha value is -2.79. The van der Waals surface area contributed by atoms with Crippen LogP contribution in [0.25, 0.3) is 5.76 Å². The third-order valence-corrected chi connectivity index (χ3v) is 7.00. The van der Waals surface area contributed by atoms with Gasteiger partial charge in [0.1, 0.15) is 11.4 Å². The Kier molecular flexibility index (Phi) is 10.8. The number of likely N-dealkylation sites (tertiary alicyclic amines) is 1. The molecule has 1 aliphatic heterocycles. The van der Waals surface area contributed by atoms with Gasteiger partial charge in [0.25, 0.3) is 0 Å². The molecule has 216 valence electrons. The maximum atomic E-state index is 12.7. The number of ether oxygens (including phenoxy) is 1. The van der Waals surface area contributed by atoms with Gasteiger partial charge in [-0.2, -0.15) is 21.6 Å². The van der Waals surface area contributed by atoms with Gasteiger partial charge in [0.15, 0.2) is 0 Å². The average Bonchev–Trinajstić information content (AvgIpc) is 2.80. The van der Waals surface area contributed by atoms with E-state index < -0.39 is 21.4 Å².